The minimum Gasteiger partial charge on any atom is -0.481 e. The molecule has 60 valence electrons. The minimum absolute atomic E-state index is 0.426. The average molecular weight is 154 g/mol. The molecule has 0 spiro atoms. The van der Waals surface area contributed by atoms with Crippen LogP contribution < -0.4 is 4.74 Å². The smallest absolute Gasteiger partial charge is 0.221 e. The van der Waals surface area contributed by atoms with Crippen LogP contribution in [0.3, 0.4) is 0 Å². The second-order valence-electron chi connectivity index (χ2n) is 2.16. The van der Waals surface area contributed by atoms with E-state index < -0.39 is 6.10 Å². The highest BCUT2D eigenvalue weighted by Gasteiger charge is 2.08. The van der Waals surface area contributed by atoms with Crippen molar-refractivity contribution in [2.24, 2.45) is 0 Å². The Kier molecular flexibility index (Phi) is 2.38. The van der Waals surface area contributed by atoms with Crippen molar-refractivity contribution in [2.45, 2.75) is 13.0 Å². The summed E-state index contributed by atoms with van der Waals surface area (Å²) >= 11 is 0. The summed E-state index contributed by atoms with van der Waals surface area (Å²) in [5, 5.41) is 9.18. The van der Waals surface area contributed by atoms with E-state index in [1.807, 2.05) is 0 Å². The molecule has 11 heavy (non-hydrogen) atoms. The molecule has 4 heteroatoms. The Bertz CT molecular complexity index is 238. The maximum Gasteiger partial charge on any atom is 0.221 e. The fraction of sp³-hybridized carbons (Fsp3) is 0.429. The van der Waals surface area contributed by atoms with Crippen LogP contribution in [0.5, 0.6) is 5.88 Å². The van der Waals surface area contributed by atoms with Gasteiger partial charge < -0.3 is 9.84 Å². The minimum atomic E-state index is -0.592. The number of aromatic nitrogens is 2. The molecule has 0 amide bonds. The van der Waals surface area contributed by atoms with Gasteiger partial charge in [0.1, 0.15) is 6.33 Å². The van der Waals surface area contributed by atoms with Crippen LogP contribution in [0, 0.1) is 0 Å². The number of ether oxygens (including phenoxy) is 1. The fourth-order valence-corrected chi connectivity index (χ4v) is 0.786. The monoisotopic (exact) mass is 154 g/mol. The van der Waals surface area contributed by atoms with Crippen LogP contribution in [0.15, 0.2) is 12.5 Å². The van der Waals surface area contributed by atoms with Crippen molar-refractivity contribution in [3.8, 4) is 5.88 Å². The van der Waals surface area contributed by atoms with E-state index in [0.717, 1.165) is 0 Å². The number of aliphatic hydroxyl groups is 1. The quantitative estimate of drug-likeness (QED) is 0.675. The summed E-state index contributed by atoms with van der Waals surface area (Å²) in [7, 11) is 1.51. The van der Waals surface area contributed by atoms with Crippen molar-refractivity contribution in [3.05, 3.63) is 18.1 Å². The summed E-state index contributed by atoms with van der Waals surface area (Å²) in [5.74, 6) is 0.426. The predicted octanol–water partition coefficient (Wildman–Crippen LogP) is 0.538. The number of methoxy groups -OCH3 is 1. The Balaban J connectivity index is 3.02. The highest BCUT2D eigenvalue weighted by molar-refractivity contribution is 5.23. The van der Waals surface area contributed by atoms with E-state index in [2.05, 4.69) is 9.97 Å². The van der Waals surface area contributed by atoms with E-state index >= 15 is 0 Å². The molecular formula is C7H10N2O2. The van der Waals surface area contributed by atoms with Crippen molar-refractivity contribution < 1.29 is 9.84 Å². The summed E-state index contributed by atoms with van der Waals surface area (Å²) < 4.78 is 4.90. The van der Waals surface area contributed by atoms with Gasteiger partial charge in [0.25, 0.3) is 0 Å². The molecule has 0 aromatic carbocycles. The van der Waals surface area contributed by atoms with E-state index in [1.54, 1.807) is 6.92 Å². The molecule has 1 N–H and O–H groups in total. The van der Waals surface area contributed by atoms with Gasteiger partial charge in [0.2, 0.25) is 5.88 Å². The van der Waals surface area contributed by atoms with Gasteiger partial charge in [-0.3, -0.25) is 0 Å². The number of aliphatic hydroxyl groups excluding tert-OH is 1. The summed E-state index contributed by atoms with van der Waals surface area (Å²) in [4.78, 5) is 7.59. The van der Waals surface area contributed by atoms with Crippen LogP contribution in [0.1, 0.15) is 18.6 Å². The molecule has 1 heterocycles. The molecule has 1 rings (SSSR count). The van der Waals surface area contributed by atoms with Crippen molar-refractivity contribution in [2.75, 3.05) is 7.11 Å². The number of nitrogens with zero attached hydrogens (tertiary/aromatic N) is 2. The topological polar surface area (TPSA) is 55.2 Å². The zero-order valence-electron chi connectivity index (χ0n) is 6.48. The molecule has 1 unspecified atom stereocenters. The first kappa shape index (κ1) is 7.94. The summed E-state index contributed by atoms with van der Waals surface area (Å²) in [5.41, 5.74) is 0.606. The second-order valence-corrected chi connectivity index (χ2v) is 2.16. The maximum absolute atomic E-state index is 9.18. The highest BCUT2D eigenvalue weighted by atomic mass is 16.5. The molecule has 0 saturated carbocycles. The Labute approximate surface area is 64.9 Å². The van der Waals surface area contributed by atoms with Crippen LogP contribution in [0.2, 0.25) is 0 Å². The summed E-state index contributed by atoms with van der Waals surface area (Å²) in [6.07, 6.45) is 2.33. The number of hydrogen-bond donors (Lipinski definition) is 1. The fourth-order valence-electron chi connectivity index (χ4n) is 0.786. The van der Waals surface area contributed by atoms with Gasteiger partial charge in [-0.1, -0.05) is 0 Å². The first-order valence-corrected chi connectivity index (χ1v) is 3.27. The molecule has 0 bridgehead atoms. The highest BCUT2D eigenvalue weighted by Crippen LogP contribution is 2.19. The molecule has 1 aromatic rings. The van der Waals surface area contributed by atoms with Crippen LogP contribution in [-0.4, -0.2) is 22.2 Å². The molecule has 1 aromatic heterocycles. The Morgan fingerprint density at radius 2 is 2.36 bits per heavy atom. The van der Waals surface area contributed by atoms with E-state index in [9.17, 15) is 5.11 Å². The lowest BCUT2D eigenvalue weighted by atomic mass is 10.2. The number of hydrogen-bond acceptors (Lipinski definition) is 4. The van der Waals surface area contributed by atoms with Gasteiger partial charge in [-0.05, 0) is 6.92 Å². The first-order chi connectivity index (χ1) is 5.25. The zero-order valence-corrected chi connectivity index (χ0v) is 6.48. The molecule has 1 atom stereocenters. The van der Waals surface area contributed by atoms with Crippen molar-refractivity contribution in [1.82, 2.24) is 9.97 Å². The van der Waals surface area contributed by atoms with E-state index in [1.165, 1.54) is 19.6 Å². The standard InChI is InChI=1S/C7H10N2O2/c1-5(10)6-3-8-4-9-7(6)11-2/h3-5,10H,1-2H3. The van der Waals surface area contributed by atoms with Crippen molar-refractivity contribution >= 4 is 0 Å². The van der Waals surface area contributed by atoms with E-state index in [-0.39, 0.29) is 0 Å². The molecule has 0 fully saturated rings. The second kappa shape index (κ2) is 3.30. The first-order valence-electron chi connectivity index (χ1n) is 3.27. The van der Waals surface area contributed by atoms with E-state index in [4.69, 9.17) is 4.74 Å². The molecule has 0 saturated heterocycles. The normalized spacial score (nSPS) is 12.6. The van der Waals surface area contributed by atoms with Gasteiger partial charge in [0.15, 0.2) is 0 Å². The molecular weight excluding hydrogens is 144 g/mol. The van der Waals surface area contributed by atoms with Crippen LogP contribution in [-0.2, 0) is 0 Å². The molecule has 0 radical (unpaired) electrons. The van der Waals surface area contributed by atoms with Gasteiger partial charge in [-0.15, -0.1) is 0 Å². The summed E-state index contributed by atoms with van der Waals surface area (Å²) in [6.45, 7) is 1.64. The SMILES string of the molecule is COc1ncncc1C(C)O. The zero-order chi connectivity index (χ0) is 8.27. The summed E-state index contributed by atoms with van der Waals surface area (Å²) in [6, 6.07) is 0. The Morgan fingerprint density at radius 1 is 1.64 bits per heavy atom. The predicted molar refractivity (Wildman–Crippen MR) is 39.2 cm³/mol. The van der Waals surface area contributed by atoms with Crippen molar-refractivity contribution in [1.29, 1.82) is 0 Å². The Morgan fingerprint density at radius 3 is 2.82 bits per heavy atom. The van der Waals surface area contributed by atoms with Gasteiger partial charge in [-0.2, -0.15) is 0 Å². The third kappa shape index (κ3) is 1.65. The van der Waals surface area contributed by atoms with Crippen LogP contribution >= 0.6 is 0 Å². The van der Waals surface area contributed by atoms with Gasteiger partial charge in [0.05, 0.1) is 18.8 Å². The molecule has 0 aliphatic carbocycles. The lowest BCUT2D eigenvalue weighted by molar-refractivity contribution is 0.192. The maximum atomic E-state index is 9.18. The molecule has 4 nitrogen and oxygen atoms in total. The van der Waals surface area contributed by atoms with Crippen LogP contribution in [0.4, 0.5) is 0 Å². The van der Waals surface area contributed by atoms with Crippen molar-refractivity contribution in [3.63, 3.8) is 0 Å². The Hall–Kier alpha value is -1.16. The third-order valence-corrected chi connectivity index (χ3v) is 1.35. The average Bonchev–Trinajstić information content (AvgIpc) is 2.04. The van der Waals surface area contributed by atoms with Crippen LogP contribution in [0.25, 0.3) is 0 Å². The lowest BCUT2D eigenvalue weighted by Gasteiger charge is -2.07. The van der Waals surface area contributed by atoms with Gasteiger partial charge >= 0.3 is 0 Å². The van der Waals surface area contributed by atoms with Gasteiger partial charge in [0, 0.05) is 6.20 Å². The van der Waals surface area contributed by atoms with E-state index in [0.29, 0.717) is 11.4 Å². The largest absolute Gasteiger partial charge is 0.481 e. The lowest BCUT2D eigenvalue weighted by Crippen LogP contribution is -1.99. The third-order valence-electron chi connectivity index (χ3n) is 1.35. The molecule has 0 aliphatic heterocycles. The number of rotatable bonds is 2. The molecule has 0 aliphatic rings. The van der Waals surface area contributed by atoms with Gasteiger partial charge in [-0.25, -0.2) is 9.97 Å².